The SMILES string of the molecule is CO[C@H]1O[C@@H]2COC(c3ccccc3)O[C@H]2[C@H](O[Si](c2ccccc2)(c2ccccc2)C(C)(C)C)[C@H]1O[Si](c1ccccc1)(c1ccccc1)C(C)(C)C. The molecule has 2 aliphatic heterocycles. The molecule has 5 aromatic carbocycles. The Morgan fingerprint density at radius 1 is 0.500 bits per heavy atom. The van der Waals surface area contributed by atoms with Gasteiger partial charge >= 0.3 is 0 Å². The van der Waals surface area contributed by atoms with Crippen molar-refractivity contribution in [3.05, 3.63) is 157 Å². The zero-order chi connectivity index (χ0) is 38.0. The number of rotatable bonds is 10. The molecule has 7 rings (SSSR count). The summed E-state index contributed by atoms with van der Waals surface area (Å²) in [7, 11) is -4.64. The molecule has 0 spiro atoms. The molecule has 8 heteroatoms. The van der Waals surface area contributed by atoms with Crippen molar-refractivity contribution in [1.29, 1.82) is 0 Å². The van der Waals surface area contributed by atoms with Gasteiger partial charge in [0.15, 0.2) is 12.6 Å². The summed E-state index contributed by atoms with van der Waals surface area (Å²) in [4.78, 5) is 0. The van der Waals surface area contributed by atoms with Gasteiger partial charge in [0, 0.05) is 12.7 Å². The molecule has 2 saturated heterocycles. The van der Waals surface area contributed by atoms with Crippen LogP contribution in [0.1, 0.15) is 53.4 Å². The molecule has 0 N–H and O–H groups in total. The van der Waals surface area contributed by atoms with Crippen molar-refractivity contribution in [2.45, 2.75) is 88.6 Å². The van der Waals surface area contributed by atoms with Crippen LogP contribution in [0, 0.1) is 0 Å². The minimum absolute atomic E-state index is 0.308. The Morgan fingerprint density at radius 2 is 0.870 bits per heavy atom. The first-order valence-corrected chi connectivity index (χ1v) is 22.9. The van der Waals surface area contributed by atoms with Crippen molar-refractivity contribution in [3.8, 4) is 0 Å². The van der Waals surface area contributed by atoms with Gasteiger partial charge in [0.1, 0.15) is 24.4 Å². The molecular weight excluding hydrogens is 705 g/mol. The highest BCUT2D eigenvalue weighted by atomic mass is 28.4. The molecular formula is C46H54O6Si2. The second-order valence-electron chi connectivity index (χ2n) is 16.4. The molecule has 6 atom stereocenters. The number of ether oxygens (including phenoxy) is 4. The first-order valence-electron chi connectivity index (χ1n) is 19.1. The zero-order valence-electron chi connectivity index (χ0n) is 32.6. The largest absolute Gasteiger partial charge is 0.399 e. The van der Waals surface area contributed by atoms with Gasteiger partial charge in [-0.3, -0.25) is 0 Å². The van der Waals surface area contributed by atoms with Crippen LogP contribution in [-0.4, -0.2) is 61.1 Å². The van der Waals surface area contributed by atoms with E-state index in [0.29, 0.717) is 6.61 Å². The quantitative estimate of drug-likeness (QED) is 0.139. The Morgan fingerprint density at radius 3 is 1.24 bits per heavy atom. The van der Waals surface area contributed by atoms with Gasteiger partial charge in [-0.05, 0) is 30.8 Å². The van der Waals surface area contributed by atoms with Crippen molar-refractivity contribution in [3.63, 3.8) is 0 Å². The molecule has 2 heterocycles. The number of benzene rings is 5. The van der Waals surface area contributed by atoms with E-state index in [2.05, 4.69) is 163 Å². The van der Waals surface area contributed by atoms with Gasteiger partial charge < -0.3 is 27.8 Å². The molecule has 0 aliphatic carbocycles. The molecule has 2 aliphatic rings. The number of hydrogen-bond acceptors (Lipinski definition) is 6. The molecule has 2 fully saturated rings. The third kappa shape index (κ3) is 7.11. The van der Waals surface area contributed by atoms with E-state index in [-0.39, 0.29) is 10.1 Å². The van der Waals surface area contributed by atoms with Gasteiger partial charge in [0.25, 0.3) is 16.6 Å². The minimum Gasteiger partial charge on any atom is -0.399 e. The summed E-state index contributed by atoms with van der Waals surface area (Å²) in [5.74, 6) is 0. The summed E-state index contributed by atoms with van der Waals surface area (Å²) in [5, 5.41) is 4.07. The number of fused-ring (bicyclic) bond motifs is 1. The number of hydrogen-bond donors (Lipinski definition) is 0. The third-order valence-corrected chi connectivity index (χ3v) is 21.1. The lowest BCUT2D eigenvalue weighted by molar-refractivity contribution is -0.353. The molecule has 0 aromatic heterocycles. The van der Waals surface area contributed by atoms with Crippen LogP contribution in [0.5, 0.6) is 0 Å². The van der Waals surface area contributed by atoms with Crippen molar-refractivity contribution in [1.82, 2.24) is 0 Å². The second-order valence-corrected chi connectivity index (χ2v) is 25.0. The van der Waals surface area contributed by atoms with E-state index >= 15 is 0 Å². The average molecular weight is 759 g/mol. The standard InChI is InChI=1S/C46H54O6Si2/c1-45(2,3)53(35-25-15-9-16-26-35,36-27-17-10-18-28-36)51-41-40-39(33-48-43(50-40)34-23-13-8-14-24-34)49-44(47-7)42(41)52-54(46(4,5)6,37-29-19-11-20-30-37)38-31-21-12-22-32-38/h8-32,39-44H,33H2,1-7H3/t39-,40-,41+,42-,43?,44+/m1/s1. The Balaban J connectivity index is 1.47. The third-order valence-electron chi connectivity index (χ3n) is 11.0. The minimum atomic E-state index is -3.17. The molecule has 1 unspecified atom stereocenters. The van der Waals surface area contributed by atoms with Crippen LogP contribution in [0.4, 0.5) is 0 Å². The van der Waals surface area contributed by atoms with E-state index in [1.54, 1.807) is 7.11 Å². The normalized spacial score (nSPS) is 23.8. The van der Waals surface area contributed by atoms with Crippen molar-refractivity contribution < 1.29 is 27.8 Å². The summed E-state index contributed by atoms with van der Waals surface area (Å²) in [6.45, 7) is 14.1. The predicted octanol–water partition coefficient (Wildman–Crippen LogP) is 7.36. The van der Waals surface area contributed by atoms with Gasteiger partial charge in [-0.15, -0.1) is 0 Å². The van der Waals surface area contributed by atoms with Crippen molar-refractivity contribution in [2.24, 2.45) is 0 Å². The maximum absolute atomic E-state index is 8.14. The fraction of sp³-hybridized carbons (Fsp3) is 0.348. The first kappa shape index (κ1) is 38.6. The zero-order valence-corrected chi connectivity index (χ0v) is 34.6. The van der Waals surface area contributed by atoms with Gasteiger partial charge in [0.05, 0.1) is 6.61 Å². The predicted molar refractivity (Wildman–Crippen MR) is 221 cm³/mol. The fourth-order valence-electron chi connectivity index (χ4n) is 8.57. The van der Waals surface area contributed by atoms with E-state index in [9.17, 15) is 0 Å². The maximum Gasteiger partial charge on any atom is 0.261 e. The molecule has 0 amide bonds. The lowest BCUT2D eigenvalue weighted by Gasteiger charge is -2.55. The van der Waals surface area contributed by atoms with E-state index in [4.69, 9.17) is 27.8 Å². The van der Waals surface area contributed by atoms with Gasteiger partial charge in [-0.2, -0.15) is 0 Å². The summed E-state index contributed by atoms with van der Waals surface area (Å²) in [6, 6.07) is 53.1. The molecule has 0 bridgehead atoms. The monoisotopic (exact) mass is 758 g/mol. The van der Waals surface area contributed by atoms with Crippen LogP contribution in [0.15, 0.2) is 152 Å². The summed E-state index contributed by atoms with van der Waals surface area (Å²) in [6.07, 6.45) is -3.67. The smallest absolute Gasteiger partial charge is 0.261 e. The summed E-state index contributed by atoms with van der Waals surface area (Å²) in [5.41, 5.74) is 0.943. The lowest BCUT2D eigenvalue weighted by atomic mass is 9.98. The maximum atomic E-state index is 8.14. The van der Waals surface area contributed by atoms with E-state index in [1.165, 1.54) is 20.7 Å². The van der Waals surface area contributed by atoms with E-state index in [0.717, 1.165) is 5.56 Å². The Kier molecular flexibility index (Phi) is 11.3. The molecule has 0 saturated carbocycles. The highest BCUT2D eigenvalue weighted by Gasteiger charge is 2.61. The van der Waals surface area contributed by atoms with E-state index in [1.807, 2.05) is 30.3 Å². The molecule has 6 nitrogen and oxygen atoms in total. The highest BCUT2D eigenvalue weighted by Crippen LogP contribution is 2.45. The molecule has 0 radical (unpaired) electrons. The molecule has 54 heavy (non-hydrogen) atoms. The van der Waals surface area contributed by atoms with Crippen LogP contribution < -0.4 is 20.7 Å². The van der Waals surface area contributed by atoms with Crippen LogP contribution in [0.2, 0.25) is 10.1 Å². The fourth-order valence-corrected chi connectivity index (χ4v) is 17.9. The molecule has 282 valence electrons. The van der Waals surface area contributed by atoms with Crippen LogP contribution in [0.3, 0.4) is 0 Å². The van der Waals surface area contributed by atoms with Gasteiger partial charge in [-0.25, -0.2) is 0 Å². The van der Waals surface area contributed by atoms with Crippen LogP contribution >= 0.6 is 0 Å². The average Bonchev–Trinajstić information content (AvgIpc) is 3.19. The van der Waals surface area contributed by atoms with Crippen LogP contribution in [0.25, 0.3) is 0 Å². The number of methoxy groups -OCH3 is 1. The second kappa shape index (κ2) is 15.8. The first-order chi connectivity index (χ1) is 26.0. The Bertz CT molecular complexity index is 1840. The van der Waals surface area contributed by atoms with Gasteiger partial charge in [-0.1, -0.05) is 193 Å². The van der Waals surface area contributed by atoms with Crippen LogP contribution in [-0.2, 0) is 27.8 Å². The highest BCUT2D eigenvalue weighted by molar-refractivity contribution is 7.00. The summed E-state index contributed by atoms with van der Waals surface area (Å²) < 4.78 is 42.8. The topological polar surface area (TPSA) is 55.4 Å². The lowest BCUT2D eigenvalue weighted by Crippen LogP contribution is -2.76. The van der Waals surface area contributed by atoms with Gasteiger partial charge in [0.2, 0.25) is 0 Å². The van der Waals surface area contributed by atoms with E-state index < -0.39 is 53.6 Å². The van der Waals surface area contributed by atoms with Crippen molar-refractivity contribution >= 4 is 37.4 Å². The Hall–Kier alpha value is -3.71. The molecule has 5 aromatic rings. The Labute approximate surface area is 323 Å². The van der Waals surface area contributed by atoms with Crippen molar-refractivity contribution in [2.75, 3.05) is 13.7 Å². The summed E-state index contributed by atoms with van der Waals surface area (Å²) >= 11 is 0.